The highest BCUT2D eigenvalue weighted by Crippen LogP contribution is 2.29. The molecule has 0 saturated heterocycles. The molecule has 0 fully saturated rings. The van der Waals surface area contributed by atoms with Crippen LogP contribution in [0.15, 0.2) is 18.2 Å². The van der Waals surface area contributed by atoms with Gasteiger partial charge in [-0.3, -0.25) is 9.69 Å². The van der Waals surface area contributed by atoms with Crippen molar-refractivity contribution in [2.75, 3.05) is 17.5 Å². The number of aliphatic carboxylic acids is 1. The Hall–Kier alpha value is -1.02. The number of carboxylic acids is 1. The van der Waals surface area contributed by atoms with Crippen molar-refractivity contribution in [1.82, 2.24) is 4.90 Å². The summed E-state index contributed by atoms with van der Waals surface area (Å²) in [7, 11) is 0. The van der Waals surface area contributed by atoms with E-state index in [0.717, 1.165) is 36.8 Å². The molecule has 0 heterocycles. The number of benzene rings is 1. The molecule has 0 aromatic heterocycles. The van der Waals surface area contributed by atoms with E-state index in [4.69, 9.17) is 5.11 Å². The third-order valence-electron chi connectivity index (χ3n) is 3.47. The topological polar surface area (TPSA) is 81.0 Å². The predicted octanol–water partition coefficient (Wildman–Crippen LogP) is 3.37. The van der Waals surface area contributed by atoms with Gasteiger partial charge in [0.25, 0.3) is 0 Å². The van der Waals surface area contributed by atoms with Crippen molar-refractivity contribution >= 4 is 28.6 Å². The van der Waals surface area contributed by atoms with Gasteiger partial charge >= 0.3 is 5.97 Å². The van der Waals surface area contributed by atoms with Crippen molar-refractivity contribution in [1.29, 1.82) is 0 Å². The zero-order chi connectivity index (χ0) is 16.4. The van der Waals surface area contributed by atoms with Gasteiger partial charge in [-0.2, -0.15) is 0 Å². The molecule has 0 saturated carbocycles. The second-order valence-corrected chi connectivity index (χ2v) is 6.39. The van der Waals surface area contributed by atoms with Crippen LogP contribution >= 0.6 is 22.6 Å². The largest absolute Gasteiger partial charge is 0.504 e. The van der Waals surface area contributed by atoms with Crippen LogP contribution in [0.3, 0.4) is 0 Å². The van der Waals surface area contributed by atoms with Crippen LogP contribution in [0.2, 0.25) is 0 Å². The number of halogens is 1. The Balaban J connectivity index is 2.56. The third-order valence-corrected chi connectivity index (χ3v) is 4.23. The summed E-state index contributed by atoms with van der Waals surface area (Å²) in [5.74, 6) is -0.926. The molecule has 5 nitrogen and oxygen atoms in total. The van der Waals surface area contributed by atoms with E-state index in [1.54, 1.807) is 12.1 Å². The zero-order valence-corrected chi connectivity index (χ0v) is 14.8. The first-order chi connectivity index (χ1) is 10.5. The second kappa shape index (κ2) is 10.7. The first-order valence-electron chi connectivity index (χ1n) is 7.54. The number of hydrogen-bond acceptors (Lipinski definition) is 4. The number of carboxylic acid groups (broad SMARTS) is 1. The maximum Gasteiger partial charge on any atom is 0.303 e. The molecule has 6 heteroatoms. The quantitative estimate of drug-likeness (QED) is 0.221. The van der Waals surface area contributed by atoms with E-state index in [2.05, 4.69) is 27.5 Å². The van der Waals surface area contributed by atoms with Crippen molar-refractivity contribution in [3.8, 4) is 11.5 Å². The lowest BCUT2D eigenvalue weighted by atomic mass is 10.1. The van der Waals surface area contributed by atoms with E-state index in [-0.39, 0.29) is 17.9 Å². The monoisotopic (exact) mass is 421 g/mol. The van der Waals surface area contributed by atoms with Gasteiger partial charge in [-0.05, 0) is 49.3 Å². The van der Waals surface area contributed by atoms with E-state index >= 15 is 0 Å². The van der Waals surface area contributed by atoms with Crippen molar-refractivity contribution in [3.05, 3.63) is 23.8 Å². The van der Waals surface area contributed by atoms with Gasteiger partial charge in [0.2, 0.25) is 0 Å². The number of carbonyl (C=O) groups is 1. The summed E-state index contributed by atoms with van der Waals surface area (Å²) in [4.78, 5) is 12.8. The minimum absolute atomic E-state index is 0.0630. The van der Waals surface area contributed by atoms with Crippen molar-refractivity contribution in [2.45, 2.75) is 38.6 Å². The molecule has 3 N–H and O–H groups in total. The fourth-order valence-electron chi connectivity index (χ4n) is 2.26. The summed E-state index contributed by atoms with van der Waals surface area (Å²) in [6, 6.07) is 4.99. The van der Waals surface area contributed by atoms with Crippen molar-refractivity contribution in [3.63, 3.8) is 0 Å². The first-order valence-corrected chi connectivity index (χ1v) is 9.07. The van der Waals surface area contributed by atoms with Crippen LogP contribution in [-0.2, 0) is 11.3 Å². The number of para-hydroxylation sites is 1. The molecule has 1 rings (SSSR count). The van der Waals surface area contributed by atoms with Crippen LogP contribution < -0.4 is 0 Å². The van der Waals surface area contributed by atoms with Crippen LogP contribution in [0.25, 0.3) is 0 Å². The number of alkyl halides is 1. The van der Waals surface area contributed by atoms with Crippen molar-refractivity contribution < 1.29 is 20.1 Å². The summed E-state index contributed by atoms with van der Waals surface area (Å²) in [5, 5.41) is 28.2. The molecule has 0 atom stereocenters. The Morgan fingerprint density at radius 2 is 1.77 bits per heavy atom. The number of rotatable bonds is 11. The third kappa shape index (κ3) is 7.31. The second-order valence-electron chi connectivity index (χ2n) is 5.31. The molecule has 124 valence electrons. The van der Waals surface area contributed by atoms with Crippen LogP contribution in [0.4, 0.5) is 0 Å². The number of unbranched alkanes of at least 4 members (excludes halogenated alkanes) is 2. The standard InChI is InChI=1S/C16H24INO4/c17-9-2-4-11-18(10-3-1-8-15(20)21)12-13-6-5-7-14(19)16(13)22/h5-7,19,22H,1-4,8-12H2,(H,20,21). The van der Waals surface area contributed by atoms with Crippen LogP contribution in [-0.4, -0.2) is 43.7 Å². The molecule has 1 aromatic rings. The van der Waals surface area contributed by atoms with E-state index in [0.29, 0.717) is 18.5 Å². The lowest BCUT2D eigenvalue weighted by Gasteiger charge is -2.23. The van der Waals surface area contributed by atoms with Crippen LogP contribution in [0.1, 0.15) is 37.7 Å². The average Bonchev–Trinajstić information content (AvgIpc) is 2.48. The minimum atomic E-state index is -0.762. The van der Waals surface area contributed by atoms with Crippen LogP contribution in [0, 0.1) is 0 Å². The summed E-state index contributed by atoms with van der Waals surface area (Å²) in [5.41, 5.74) is 0.702. The lowest BCUT2D eigenvalue weighted by Crippen LogP contribution is -2.26. The van der Waals surface area contributed by atoms with Gasteiger partial charge in [-0.15, -0.1) is 0 Å². The Morgan fingerprint density at radius 1 is 1.09 bits per heavy atom. The molecule has 0 amide bonds. The SMILES string of the molecule is O=C(O)CCCCN(CCCCI)Cc1cccc(O)c1O. The molecule has 0 aliphatic carbocycles. The van der Waals surface area contributed by atoms with Gasteiger partial charge in [-0.25, -0.2) is 0 Å². The molecule has 0 unspecified atom stereocenters. The number of hydrogen-bond donors (Lipinski definition) is 3. The molecule has 0 bridgehead atoms. The number of nitrogens with zero attached hydrogens (tertiary/aromatic N) is 1. The number of phenolic OH excluding ortho intramolecular Hbond substituents is 2. The predicted molar refractivity (Wildman–Crippen MR) is 94.7 cm³/mol. The molecule has 1 aromatic carbocycles. The average molecular weight is 421 g/mol. The highest BCUT2D eigenvalue weighted by molar-refractivity contribution is 14.1. The molecule has 22 heavy (non-hydrogen) atoms. The lowest BCUT2D eigenvalue weighted by molar-refractivity contribution is -0.137. The molecule has 0 radical (unpaired) electrons. The van der Waals surface area contributed by atoms with Gasteiger partial charge in [0.05, 0.1) is 0 Å². The van der Waals surface area contributed by atoms with Gasteiger partial charge in [0.15, 0.2) is 11.5 Å². The fourth-order valence-corrected chi connectivity index (χ4v) is 2.80. The fraction of sp³-hybridized carbons (Fsp3) is 0.562. The van der Waals surface area contributed by atoms with E-state index in [9.17, 15) is 15.0 Å². The van der Waals surface area contributed by atoms with E-state index in [1.807, 2.05) is 0 Å². The Kier molecular flexibility index (Phi) is 9.22. The van der Waals surface area contributed by atoms with Gasteiger partial charge in [0.1, 0.15) is 0 Å². The van der Waals surface area contributed by atoms with E-state index in [1.165, 1.54) is 6.07 Å². The molecular formula is C16H24INO4. The minimum Gasteiger partial charge on any atom is -0.504 e. The van der Waals surface area contributed by atoms with Crippen LogP contribution in [0.5, 0.6) is 11.5 Å². The smallest absolute Gasteiger partial charge is 0.303 e. The molecular weight excluding hydrogens is 397 g/mol. The molecule has 0 aliphatic heterocycles. The summed E-state index contributed by atoms with van der Waals surface area (Å²) < 4.78 is 1.11. The zero-order valence-electron chi connectivity index (χ0n) is 12.7. The van der Waals surface area contributed by atoms with Gasteiger partial charge < -0.3 is 15.3 Å². The van der Waals surface area contributed by atoms with Gasteiger partial charge in [-0.1, -0.05) is 34.7 Å². The summed E-state index contributed by atoms with van der Waals surface area (Å²) >= 11 is 2.35. The van der Waals surface area contributed by atoms with Gasteiger partial charge in [0, 0.05) is 18.5 Å². The number of aromatic hydroxyl groups is 2. The normalized spacial score (nSPS) is 11.0. The highest BCUT2D eigenvalue weighted by atomic mass is 127. The molecule has 0 spiro atoms. The summed E-state index contributed by atoms with van der Waals surface area (Å²) in [6.45, 7) is 2.27. The highest BCUT2D eigenvalue weighted by Gasteiger charge is 2.11. The molecule has 0 aliphatic rings. The number of phenols is 2. The maximum absolute atomic E-state index is 10.6. The summed E-state index contributed by atoms with van der Waals surface area (Å²) in [6.07, 6.45) is 3.87. The van der Waals surface area contributed by atoms with E-state index < -0.39 is 5.97 Å². The first kappa shape index (κ1) is 19.0. The maximum atomic E-state index is 10.6. The Bertz CT molecular complexity index is 467. The Labute approximate surface area is 145 Å². The van der Waals surface area contributed by atoms with Crippen molar-refractivity contribution in [2.24, 2.45) is 0 Å². The Morgan fingerprint density at radius 3 is 2.41 bits per heavy atom.